The third-order valence-corrected chi connectivity index (χ3v) is 3.22. The maximum atomic E-state index is 5.78. The smallest absolute Gasteiger partial charge is 0.136 e. The van der Waals surface area contributed by atoms with Gasteiger partial charge in [-0.3, -0.25) is 4.90 Å². The van der Waals surface area contributed by atoms with Gasteiger partial charge in [0.2, 0.25) is 0 Å². The number of rotatable bonds is 6. The first kappa shape index (κ1) is 12.7. The van der Waals surface area contributed by atoms with Crippen LogP contribution in [0.25, 0.3) is 0 Å². The molecule has 0 radical (unpaired) electrons. The molecule has 0 aromatic carbocycles. The minimum absolute atomic E-state index is 0.168. The standard InChI is InChI=1S/C11H19BrN2O/c1-3-4-6-14(2)10(8-13)11-9(12)5-7-15-11/h5,7,10H,3-4,6,8,13H2,1-2H3. The summed E-state index contributed by atoms with van der Waals surface area (Å²) in [5.74, 6) is 0.927. The first-order valence-corrected chi connectivity index (χ1v) is 6.13. The Balaban J connectivity index is 2.67. The Kier molecular flexibility index (Phi) is 5.36. The van der Waals surface area contributed by atoms with E-state index in [1.165, 1.54) is 12.8 Å². The van der Waals surface area contributed by atoms with Gasteiger partial charge in [0, 0.05) is 6.54 Å². The van der Waals surface area contributed by atoms with Crippen LogP contribution in [-0.4, -0.2) is 25.0 Å². The third-order valence-electron chi connectivity index (χ3n) is 2.57. The summed E-state index contributed by atoms with van der Waals surface area (Å²) in [4.78, 5) is 2.24. The summed E-state index contributed by atoms with van der Waals surface area (Å²) < 4.78 is 6.45. The van der Waals surface area contributed by atoms with Crippen LogP contribution < -0.4 is 5.73 Å². The molecular weight excluding hydrogens is 256 g/mol. The van der Waals surface area contributed by atoms with E-state index in [9.17, 15) is 0 Å². The molecule has 4 heteroatoms. The van der Waals surface area contributed by atoms with E-state index < -0.39 is 0 Å². The maximum Gasteiger partial charge on any atom is 0.136 e. The molecule has 0 saturated carbocycles. The van der Waals surface area contributed by atoms with Crippen molar-refractivity contribution in [3.63, 3.8) is 0 Å². The van der Waals surface area contributed by atoms with Gasteiger partial charge in [0.1, 0.15) is 5.76 Å². The van der Waals surface area contributed by atoms with Gasteiger partial charge < -0.3 is 10.2 Å². The molecule has 2 N–H and O–H groups in total. The van der Waals surface area contributed by atoms with Crippen molar-refractivity contribution in [1.82, 2.24) is 4.90 Å². The van der Waals surface area contributed by atoms with E-state index >= 15 is 0 Å². The lowest BCUT2D eigenvalue weighted by Crippen LogP contribution is -2.31. The van der Waals surface area contributed by atoms with E-state index in [1.807, 2.05) is 6.07 Å². The number of nitrogens with zero attached hydrogens (tertiary/aromatic N) is 1. The van der Waals surface area contributed by atoms with Crippen molar-refractivity contribution in [3.05, 3.63) is 22.6 Å². The minimum atomic E-state index is 0.168. The zero-order valence-corrected chi connectivity index (χ0v) is 11.0. The molecule has 0 spiro atoms. The van der Waals surface area contributed by atoms with Crippen LogP contribution in [0.1, 0.15) is 31.6 Å². The Morgan fingerprint density at radius 2 is 2.33 bits per heavy atom. The molecule has 1 aromatic rings. The van der Waals surface area contributed by atoms with Crippen molar-refractivity contribution in [1.29, 1.82) is 0 Å². The first-order valence-electron chi connectivity index (χ1n) is 5.33. The predicted molar refractivity (Wildman–Crippen MR) is 65.7 cm³/mol. The topological polar surface area (TPSA) is 42.4 Å². The summed E-state index contributed by atoms with van der Waals surface area (Å²) >= 11 is 3.47. The van der Waals surface area contributed by atoms with E-state index in [-0.39, 0.29) is 6.04 Å². The molecule has 0 aliphatic carbocycles. The average Bonchev–Trinajstić information content (AvgIpc) is 2.63. The fourth-order valence-electron chi connectivity index (χ4n) is 1.59. The molecule has 0 amide bonds. The molecule has 0 fully saturated rings. The molecular formula is C11H19BrN2O. The molecule has 1 heterocycles. The lowest BCUT2D eigenvalue weighted by atomic mass is 10.2. The number of nitrogens with two attached hydrogens (primary N) is 1. The van der Waals surface area contributed by atoms with Crippen LogP contribution in [0.4, 0.5) is 0 Å². The quantitative estimate of drug-likeness (QED) is 0.868. The zero-order chi connectivity index (χ0) is 11.3. The number of hydrogen-bond donors (Lipinski definition) is 1. The molecule has 0 bridgehead atoms. The summed E-state index contributed by atoms with van der Waals surface area (Å²) in [6.45, 7) is 3.81. The van der Waals surface area contributed by atoms with Gasteiger partial charge in [0.25, 0.3) is 0 Å². The van der Waals surface area contributed by atoms with Crippen molar-refractivity contribution in [2.45, 2.75) is 25.8 Å². The first-order chi connectivity index (χ1) is 7.20. The second kappa shape index (κ2) is 6.30. The molecule has 1 aromatic heterocycles. The van der Waals surface area contributed by atoms with Crippen LogP contribution in [0.3, 0.4) is 0 Å². The van der Waals surface area contributed by atoms with Crippen LogP contribution in [-0.2, 0) is 0 Å². The highest BCUT2D eigenvalue weighted by atomic mass is 79.9. The number of unbranched alkanes of at least 4 members (excludes halogenated alkanes) is 1. The van der Waals surface area contributed by atoms with Crippen molar-refractivity contribution < 1.29 is 4.42 Å². The summed E-state index contributed by atoms with van der Waals surface area (Å²) in [7, 11) is 2.09. The molecule has 0 aliphatic heterocycles. The molecule has 86 valence electrons. The van der Waals surface area contributed by atoms with Crippen molar-refractivity contribution in [2.24, 2.45) is 5.73 Å². The highest BCUT2D eigenvalue weighted by Gasteiger charge is 2.20. The molecule has 1 unspecified atom stereocenters. The van der Waals surface area contributed by atoms with E-state index in [4.69, 9.17) is 10.2 Å². The second-order valence-corrected chi connectivity index (χ2v) is 4.57. The molecule has 0 saturated heterocycles. The molecule has 0 aliphatic rings. The van der Waals surface area contributed by atoms with Gasteiger partial charge in [-0.2, -0.15) is 0 Å². The number of furan rings is 1. The predicted octanol–water partition coefficient (Wildman–Crippen LogP) is 2.77. The Morgan fingerprint density at radius 3 is 2.80 bits per heavy atom. The molecule has 3 nitrogen and oxygen atoms in total. The Bertz CT molecular complexity index is 288. The van der Waals surface area contributed by atoms with Gasteiger partial charge in [0.05, 0.1) is 16.8 Å². The fourth-order valence-corrected chi connectivity index (χ4v) is 2.06. The van der Waals surface area contributed by atoms with Gasteiger partial charge >= 0.3 is 0 Å². The maximum absolute atomic E-state index is 5.78. The van der Waals surface area contributed by atoms with Crippen LogP contribution >= 0.6 is 15.9 Å². The van der Waals surface area contributed by atoms with Crippen LogP contribution in [0.5, 0.6) is 0 Å². The number of halogens is 1. The highest BCUT2D eigenvalue weighted by Crippen LogP contribution is 2.27. The van der Waals surface area contributed by atoms with E-state index in [1.54, 1.807) is 6.26 Å². The van der Waals surface area contributed by atoms with Gasteiger partial charge in [-0.05, 0) is 42.0 Å². The van der Waals surface area contributed by atoms with Crippen molar-refractivity contribution in [2.75, 3.05) is 20.1 Å². The van der Waals surface area contributed by atoms with E-state index in [0.29, 0.717) is 6.54 Å². The van der Waals surface area contributed by atoms with Crippen LogP contribution in [0, 0.1) is 0 Å². The molecule has 15 heavy (non-hydrogen) atoms. The van der Waals surface area contributed by atoms with Gasteiger partial charge in [-0.15, -0.1) is 0 Å². The highest BCUT2D eigenvalue weighted by molar-refractivity contribution is 9.10. The summed E-state index contributed by atoms with van der Waals surface area (Å²) in [6, 6.07) is 2.08. The number of hydrogen-bond acceptors (Lipinski definition) is 3. The van der Waals surface area contributed by atoms with Crippen LogP contribution in [0.2, 0.25) is 0 Å². The SMILES string of the molecule is CCCCN(C)C(CN)c1occc1Br. The minimum Gasteiger partial charge on any atom is -0.466 e. The summed E-state index contributed by atoms with van der Waals surface area (Å²) in [6.07, 6.45) is 4.07. The van der Waals surface area contributed by atoms with Crippen LogP contribution in [0.15, 0.2) is 21.2 Å². The lowest BCUT2D eigenvalue weighted by Gasteiger charge is -2.25. The largest absolute Gasteiger partial charge is 0.466 e. The second-order valence-electron chi connectivity index (χ2n) is 3.72. The molecule has 1 atom stereocenters. The zero-order valence-electron chi connectivity index (χ0n) is 9.37. The monoisotopic (exact) mass is 274 g/mol. The van der Waals surface area contributed by atoms with Gasteiger partial charge in [-0.1, -0.05) is 13.3 Å². The fraction of sp³-hybridized carbons (Fsp3) is 0.636. The van der Waals surface area contributed by atoms with E-state index in [2.05, 4.69) is 34.8 Å². The Labute approximate surface area is 99.7 Å². The normalized spacial score (nSPS) is 13.4. The number of likely N-dealkylation sites (N-methyl/N-ethyl adjacent to an activating group) is 1. The Hall–Kier alpha value is -0.320. The lowest BCUT2D eigenvalue weighted by molar-refractivity contribution is 0.217. The van der Waals surface area contributed by atoms with Crippen molar-refractivity contribution in [3.8, 4) is 0 Å². The van der Waals surface area contributed by atoms with Crippen molar-refractivity contribution >= 4 is 15.9 Å². The summed E-state index contributed by atoms with van der Waals surface area (Å²) in [5.41, 5.74) is 5.78. The summed E-state index contributed by atoms with van der Waals surface area (Å²) in [5, 5.41) is 0. The van der Waals surface area contributed by atoms with E-state index in [0.717, 1.165) is 16.8 Å². The molecule has 1 rings (SSSR count). The average molecular weight is 275 g/mol. The van der Waals surface area contributed by atoms with Gasteiger partial charge in [-0.25, -0.2) is 0 Å². The Morgan fingerprint density at radius 1 is 1.60 bits per heavy atom. The van der Waals surface area contributed by atoms with Gasteiger partial charge in [0.15, 0.2) is 0 Å². The third kappa shape index (κ3) is 3.33.